The lowest BCUT2D eigenvalue weighted by atomic mass is 10.1. The lowest BCUT2D eigenvalue weighted by Gasteiger charge is -2.23. The average molecular weight is 277 g/mol. The Morgan fingerprint density at radius 3 is 2.70 bits per heavy atom. The molecule has 0 aliphatic rings. The fraction of sp³-hybridized carbons (Fsp3) is 0.562. The molecular formula is C16H27N3O. The van der Waals surface area contributed by atoms with E-state index in [1.807, 2.05) is 25.1 Å². The molecule has 0 radical (unpaired) electrons. The maximum absolute atomic E-state index is 12.1. The van der Waals surface area contributed by atoms with Crippen LogP contribution in [0.2, 0.25) is 0 Å². The van der Waals surface area contributed by atoms with Crippen LogP contribution in [-0.2, 0) is 4.79 Å². The molecule has 0 aliphatic heterocycles. The first-order chi connectivity index (χ1) is 9.47. The van der Waals surface area contributed by atoms with Gasteiger partial charge in [0.05, 0.1) is 6.54 Å². The Labute approximate surface area is 122 Å². The number of nitrogens with zero attached hydrogens (tertiary/aromatic N) is 1. The summed E-state index contributed by atoms with van der Waals surface area (Å²) in [5.41, 5.74) is 8.27. The van der Waals surface area contributed by atoms with Crippen LogP contribution >= 0.6 is 0 Å². The van der Waals surface area contributed by atoms with Crippen LogP contribution in [0, 0.1) is 12.8 Å². The van der Waals surface area contributed by atoms with Crippen molar-refractivity contribution in [3.8, 4) is 0 Å². The summed E-state index contributed by atoms with van der Waals surface area (Å²) in [4.78, 5) is 14.3. The average Bonchev–Trinajstić information content (AvgIpc) is 2.42. The largest absolute Gasteiger partial charge is 0.398 e. The molecule has 1 rings (SSSR count). The Morgan fingerprint density at radius 1 is 1.40 bits per heavy atom. The molecule has 112 valence electrons. The standard InChI is InChI=1S/C16H27N3O/c1-5-12(3)10-19(6-2)11-16(20)18-15-9-7-8-14(17)13(15)4/h7-9,12H,5-6,10-11,17H2,1-4H3,(H,18,20). The fourth-order valence-corrected chi connectivity index (χ4v) is 2.06. The zero-order valence-electron chi connectivity index (χ0n) is 13.1. The highest BCUT2D eigenvalue weighted by Crippen LogP contribution is 2.20. The number of carbonyl (C=O) groups excluding carboxylic acids is 1. The molecule has 1 amide bonds. The topological polar surface area (TPSA) is 58.4 Å². The molecule has 4 nitrogen and oxygen atoms in total. The number of likely N-dealkylation sites (N-methyl/N-ethyl adjacent to an activating group) is 1. The highest BCUT2D eigenvalue weighted by molar-refractivity contribution is 5.93. The number of nitrogens with two attached hydrogens (primary N) is 1. The maximum Gasteiger partial charge on any atom is 0.238 e. The molecular weight excluding hydrogens is 250 g/mol. The van der Waals surface area contributed by atoms with Crippen molar-refractivity contribution in [1.82, 2.24) is 4.90 Å². The minimum absolute atomic E-state index is 0.0175. The Balaban J connectivity index is 2.60. The predicted molar refractivity (Wildman–Crippen MR) is 85.8 cm³/mol. The van der Waals surface area contributed by atoms with E-state index in [0.717, 1.165) is 30.8 Å². The van der Waals surface area contributed by atoms with E-state index >= 15 is 0 Å². The van der Waals surface area contributed by atoms with Gasteiger partial charge in [-0.1, -0.05) is 33.3 Å². The van der Waals surface area contributed by atoms with Gasteiger partial charge in [-0.3, -0.25) is 9.69 Å². The number of nitrogens with one attached hydrogen (secondary N) is 1. The van der Waals surface area contributed by atoms with Gasteiger partial charge in [-0.05, 0) is 37.1 Å². The number of hydrogen-bond acceptors (Lipinski definition) is 3. The van der Waals surface area contributed by atoms with Crippen LogP contribution in [0.4, 0.5) is 11.4 Å². The summed E-state index contributed by atoms with van der Waals surface area (Å²) in [7, 11) is 0. The van der Waals surface area contributed by atoms with Crippen molar-refractivity contribution in [2.45, 2.75) is 34.1 Å². The van der Waals surface area contributed by atoms with Crippen LogP contribution in [0.15, 0.2) is 18.2 Å². The molecule has 1 aromatic rings. The normalized spacial score (nSPS) is 12.4. The van der Waals surface area contributed by atoms with Gasteiger partial charge in [-0.25, -0.2) is 0 Å². The third kappa shape index (κ3) is 4.85. The second kappa shape index (κ2) is 7.90. The van der Waals surface area contributed by atoms with Gasteiger partial charge in [0.15, 0.2) is 0 Å². The van der Waals surface area contributed by atoms with E-state index < -0.39 is 0 Å². The van der Waals surface area contributed by atoms with E-state index in [9.17, 15) is 4.79 Å². The monoisotopic (exact) mass is 277 g/mol. The molecule has 0 aliphatic carbocycles. The van der Waals surface area contributed by atoms with Crippen molar-refractivity contribution >= 4 is 17.3 Å². The zero-order chi connectivity index (χ0) is 15.1. The molecule has 3 N–H and O–H groups in total. The summed E-state index contributed by atoms with van der Waals surface area (Å²) in [6.07, 6.45) is 1.13. The number of amides is 1. The third-order valence-corrected chi connectivity index (χ3v) is 3.73. The van der Waals surface area contributed by atoms with Crippen LogP contribution in [0.25, 0.3) is 0 Å². The fourth-order valence-electron chi connectivity index (χ4n) is 2.06. The summed E-state index contributed by atoms with van der Waals surface area (Å²) in [5.74, 6) is 0.626. The molecule has 0 heterocycles. The zero-order valence-corrected chi connectivity index (χ0v) is 13.1. The lowest BCUT2D eigenvalue weighted by molar-refractivity contribution is -0.117. The van der Waals surface area contributed by atoms with Crippen molar-refractivity contribution < 1.29 is 4.79 Å². The molecule has 0 fully saturated rings. The highest BCUT2D eigenvalue weighted by Gasteiger charge is 2.13. The van der Waals surface area contributed by atoms with Crippen molar-refractivity contribution in [2.75, 3.05) is 30.7 Å². The summed E-state index contributed by atoms with van der Waals surface area (Å²) in [5, 5.41) is 2.95. The first-order valence-corrected chi connectivity index (χ1v) is 7.35. The number of hydrogen-bond donors (Lipinski definition) is 2. The van der Waals surface area contributed by atoms with Gasteiger partial charge in [0.1, 0.15) is 0 Å². The number of carbonyl (C=O) groups is 1. The van der Waals surface area contributed by atoms with Gasteiger partial charge >= 0.3 is 0 Å². The van der Waals surface area contributed by atoms with Crippen LogP contribution < -0.4 is 11.1 Å². The van der Waals surface area contributed by atoms with Crippen molar-refractivity contribution in [3.63, 3.8) is 0 Å². The van der Waals surface area contributed by atoms with Crippen LogP contribution in [0.5, 0.6) is 0 Å². The van der Waals surface area contributed by atoms with Gasteiger partial charge in [-0.15, -0.1) is 0 Å². The van der Waals surface area contributed by atoms with Gasteiger partial charge in [0, 0.05) is 17.9 Å². The summed E-state index contributed by atoms with van der Waals surface area (Å²) in [6.45, 7) is 10.7. The SMILES string of the molecule is CCC(C)CN(CC)CC(=O)Nc1cccc(N)c1C. The van der Waals surface area contributed by atoms with Gasteiger partial charge in [-0.2, -0.15) is 0 Å². The highest BCUT2D eigenvalue weighted by atomic mass is 16.2. The first kappa shape index (κ1) is 16.5. The molecule has 4 heteroatoms. The second-order valence-corrected chi connectivity index (χ2v) is 5.41. The Kier molecular flexibility index (Phi) is 6.52. The third-order valence-electron chi connectivity index (χ3n) is 3.73. The van der Waals surface area contributed by atoms with Crippen LogP contribution in [0.3, 0.4) is 0 Å². The van der Waals surface area contributed by atoms with Crippen LogP contribution in [-0.4, -0.2) is 30.4 Å². The molecule has 1 atom stereocenters. The number of nitrogen functional groups attached to an aromatic ring is 1. The molecule has 0 saturated carbocycles. The summed E-state index contributed by atoms with van der Waals surface area (Å²) in [6, 6.07) is 5.58. The lowest BCUT2D eigenvalue weighted by Crippen LogP contribution is -2.36. The molecule has 0 spiro atoms. The van der Waals surface area contributed by atoms with E-state index in [4.69, 9.17) is 5.73 Å². The van der Waals surface area contributed by atoms with E-state index in [-0.39, 0.29) is 5.91 Å². The maximum atomic E-state index is 12.1. The number of benzene rings is 1. The van der Waals surface area contributed by atoms with Crippen molar-refractivity contribution in [2.24, 2.45) is 5.92 Å². The minimum atomic E-state index is 0.0175. The molecule has 1 unspecified atom stereocenters. The van der Waals surface area contributed by atoms with Crippen LogP contribution in [0.1, 0.15) is 32.8 Å². The Hall–Kier alpha value is -1.55. The van der Waals surface area contributed by atoms with Crippen molar-refractivity contribution in [3.05, 3.63) is 23.8 Å². The van der Waals surface area contributed by atoms with E-state index in [1.165, 1.54) is 0 Å². The minimum Gasteiger partial charge on any atom is -0.398 e. The molecule has 20 heavy (non-hydrogen) atoms. The summed E-state index contributed by atoms with van der Waals surface area (Å²) < 4.78 is 0. The van der Waals surface area contributed by atoms with Gasteiger partial charge < -0.3 is 11.1 Å². The summed E-state index contributed by atoms with van der Waals surface area (Å²) >= 11 is 0. The first-order valence-electron chi connectivity index (χ1n) is 7.35. The van der Waals surface area contributed by atoms with Gasteiger partial charge in [0.2, 0.25) is 5.91 Å². The Bertz CT molecular complexity index is 445. The van der Waals surface area contributed by atoms with E-state index in [1.54, 1.807) is 0 Å². The number of rotatable bonds is 7. The van der Waals surface area contributed by atoms with E-state index in [0.29, 0.717) is 18.2 Å². The molecule has 0 aromatic heterocycles. The quantitative estimate of drug-likeness (QED) is 0.753. The smallest absolute Gasteiger partial charge is 0.238 e. The Morgan fingerprint density at radius 2 is 2.10 bits per heavy atom. The van der Waals surface area contributed by atoms with E-state index in [2.05, 4.69) is 31.0 Å². The van der Waals surface area contributed by atoms with Crippen molar-refractivity contribution in [1.29, 1.82) is 0 Å². The molecule has 1 aromatic carbocycles. The molecule has 0 bridgehead atoms. The number of anilines is 2. The predicted octanol–water partition coefficient (Wildman–Crippen LogP) is 2.88. The van der Waals surface area contributed by atoms with Gasteiger partial charge in [0.25, 0.3) is 0 Å². The second-order valence-electron chi connectivity index (χ2n) is 5.41. The molecule has 0 saturated heterocycles.